The normalized spacial score (nSPS) is 22.1. The minimum Gasteiger partial charge on any atom is -0.381 e. The number of hydrogen-bond donors (Lipinski definition) is 1. The van der Waals surface area contributed by atoms with E-state index in [0.29, 0.717) is 5.92 Å². The van der Waals surface area contributed by atoms with Gasteiger partial charge < -0.3 is 14.6 Å². The molecule has 4 heteroatoms. The van der Waals surface area contributed by atoms with Gasteiger partial charge in [0.15, 0.2) is 0 Å². The molecule has 15 heavy (non-hydrogen) atoms. The number of anilines is 1. The van der Waals surface area contributed by atoms with Gasteiger partial charge in [-0.3, -0.25) is 0 Å². The van der Waals surface area contributed by atoms with Crippen molar-refractivity contribution in [2.24, 2.45) is 0 Å². The van der Waals surface area contributed by atoms with Crippen LogP contribution in [0.15, 0.2) is 6.20 Å². The molecule has 2 aliphatic heterocycles. The van der Waals surface area contributed by atoms with Crippen LogP contribution in [0.3, 0.4) is 0 Å². The first-order chi connectivity index (χ1) is 7.43. The molecule has 3 rings (SSSR count). The van der Waals surface area contributed by atoms with Crippen LogP contribution in [0.25, 0.3) is 0 Å². The van der Waals surface area contributed by atoms with E-state index in [1.807, 2.05) is 0 Å². The lowest BCUT2D eigenvalue weighted by Gasteiger charge is -2.19. The smallest absolute Gasteiger partial charge is 0.203 e. The van der Waals surface area contributed by atoms with Crippen molar-refractivity contribution in [1.29, 1.82) is 0 Å². The van der Waals surface area contributed by atoms with Crippen molar-refractivity contribution in [3.05, 3.63) is 11.9 Å². The van der Waals surface area contributed by atoms with Crippen LogP contribution in [0.2, 0.25) is 0 Å². The Morgan fingerprint density at radius 1 is 1.40 bits per heavy atom. The van der Waals surface area contributed by atoms with Gasteiger partial charge in [-0.15, -0.1) is 0 Å². The second-order valence-electron chi connectivity index (χ2n) is 4.35. The van der Waals surface area contributed by atoms with Gasteiger partial charge in [0, 0.05) is 38.4 Å². The largest absolute Gasteiger partial charge is 0.381 e. The van der Waals surface area contributed by atoms with E-state index >= 15 is 0 Å². The van der Waals surface area contributed by atoms with Gasteiger partial charge >= 0.3 is 0 Å². The highest BCUT2D eigenvalue weighted by atomic mass is 16.5. The molecular formula is C11H17N3O. The zero-order valence-electron chi connectivity index (χ0n) is 8.91. The van der Waals surface area contributed by atoms with E-state index < -0.39 is 0 Å². The van der Waals surface area contributed by atoms with Crippen molar-refractivity contribution in [3.63, 3.8) is 0 Å². The first-order valence-corrected chi connectivity index (χ1v) is 5.82. The maximum atomic E-state index is 5.37. The average Bonchev–Trinajstić information content (AvgIpc) is 2.74. The van der Waals surface area contributed by atoms with E-state index in [-0.39, 0.29) is 0 Å². The Morgan fingerprint density at radius 2 is 2.27 bits per heavy atom. The second-order valence-corrected chi connectivity index (χ2v) is 4.35. The first kappa shape index (κ1) is 9.21. The van der Waals surface area contributed by atoms with Crippen molar-refractivity contribution in [2.75, 3.05) is 25.1 Å². The number of nitrogens with zero attached hydrogens (tertiary/aromatic N) is 2. The lowest BCUT2D eigenvalue weighted by molar-refractivity contribution is 0.0846. The monoisotopic (exact) mass is 207 g/mol. The summed E-state index contributed by atoms with van der Waals surface area (Å²) in [5, 5.41) is 3.34. The van der Waals surface area contributed by atoms with Gasteiger partial charge in [0.2, 0.25) is 5.95 Å². The molecule has 1 saturated heterocycles. The van der Waals surface area contributed by atoms with E-state index in [0.717, 1.165) is 45.1 Å². The number of hydrogen-bond acceptors (Lipinski definition) is 3. The van der Waals surface area contributed by atoms with Gasteiger partial charge in [0.25, 0.3) is 0 Å². The quantitative estimate of drug-likeness (QED) is 0.760. The van der Waals surface area contributed by atoms with E-state index in [1.165, 1.54) is 12.1 Å². The zero-order valence-corrected chi connectivity index (χ0v) is 8.91. The lowest BCUT2D eigenvalue weighted by atomic mass is 9.97. The lowest BCUT2D eigenvalue weighted by Crippen LogP contribution is -2.16. The summed E-state index contributed by atoms with van der Waals surface area (Å²) in [6.07, 6.45) is 5.67. The van der Waals surface area contributed by atoms with Crippen LogP contribution in [-0.2, 0) is 11.3 Å². The Hall–Kier alpha value is -1.03. The van der Waals surface area contributed by atoms with Crippen molar-refractivity contribution in [2.45, 2.75) is 31.7 Å². The van der Waals surface area contributed by atoms with Crippen molar-refractivity contribution < 1.29 is 4.74 Å². The highest BCUT2D eigenvalue weighted by molar-refractivity contribution is 5.31. The Bertz CT molecular complexity index is 318. The van der Waals surface area contributed by atoms with Gasteiger partial charge in [-0.1, -0.05) is 0 Å². The maximum absolute atomic E-state index is 5.37. The van der Waals surface area contributed by atoms with Crippen molar-refractivity contribution >= 4 is 5.95 Å². The van der Waals surface area contributed by atoms with Gasteiger partial charge in [-0.05, 0) is 19.3 Å². The second kappa shape index (κ2) is 3.85. The SMILES string of the molecule is c1c(C2CCOCC2)nc2n1CCCN2. The van der Waals surface area contributed by atoms with E-state index in [2.05, 4.69) is 21.1 Å². The topological polar surface area (TPSA) is 39.1 Å². The van der Waals surface area contributed by atoms with Crippen LogP contribution in [0, 0.1) is 0 Å². The molecule has 1 aromatic heterocycles. The molecule has 0 amide bonds. The van der Waals surface area contributed by atoms with Crippen LogP contribution < -0.4 is 5.32 Å². The Kier molecular flexibility index (Phi) is 2.37. The first-order valence-electron chi connectivity index (χ1n) is 5.82. The summed E-state index contributed by atoms with van der Waals surface area (Å²) >= 11 is 0. The predicted molar refractivity (Wildman–Crippen MR) is 58.1 cm³/mol. The molecule has 0 aliphatic carbocycles. The Morgan fingerprint density at radius 3 is 3.07 bits per heavy atom. The third kappa shape index (κ3) is 1.74. The number of fused-ring (bicyclic) bond motifs is 1. The summed E-state index contributed by atoms with van der Waals surface area (Å²) in [6, 6.07) is 0. The van der Waals surface area contributed by atoms with Crippen LogP contribution >= 0.6 is 0 Å². The summed E-state index contributed by atoms with van der Waals surface area (Å²) in [5.41, 5.74) is 1.25. The maximum Gasteiger partial charge on any atom is 0.203 e. The molecule has 0 saturated carbocycles. The third-order valence-electron chi connectivity index (χ3n) is 3.29. The molecule has 0 spiro atoms. The minimum atomic E-state index is 0.610. The van der Waals surface area contributed by atoms with Gasteiger partial charge in [-0.25, -0.2) is 4.98 Å². The van der Waals surface area contributed by atoms with Crippen molar-refractivity contribution in [1.82, 2.24) is 9.55 Å². The van der Waals surface area contributed by atoms with Gasteiger partial charge in [-0.2, -0.15) is 0 Å². The Balaban J connectivity index is 1.82. The number of rotatable bonds is 1. The highest BCUT2D eigenvalue weighted by Gasteiger charge is 2.21. The molecule has 1 fully saturated rings. The summed E-state index contributed by atoms with van der Waals surface area (Å²) in [4.78, 5) is 4.67. The highest BCUT2D eigenvalue weighted by Crippen LogP contribution is 2.28. The summed E-state index contributed by atoms with van der Waals surface area (Å²) < 4.78 is 7.62. The fourth-order valence-electron chi connectivity index (χ4n) is 2.39. The molecule has 3 heterocycles. The molecule has 0 radical (unpaired) electrons. The predicted octanol–water partition coefficient (Wildman–Crippen LogP) is 1.59. The van der Waals surface area contributed by atoms with E-state index in [4.69, 9.17) is 4.74 Å². The Labute approximate surface area is 89.6 Å². The molecule has 2 aliphatic rings. The molecule has 1 N–H and O–H groups in total. The fourth-order valence-corrected chi connectivity index (χ4v) is 2.39. The molecular weight excluding hydrogens is 190 g/mol. The van der Waals surface area contributed by atoms with Gasteiger partial charge in [0.1, 0.15) is 0 Å². The number of nitrogens with one attached hydrogen (secondary N) is 1. The molecule has 0 unspecified atom stereocenters. The molecule has 82 valence electrons. The number of imidazole rings is 1. The van der Waals surface area contributed by atoms with Crippen LogP contribution in [0.1, 0.15) is 30.9 Å². The van der Waals surface area contributed by atoms with Crippen LogP contribution in [-0.4, -0.2) is 29.3 Å². The van der Waals surface area contributed by atoms with Crippen molar-refractivity contribution in [3.8, 4) is 0 Å². The summed E-state index contributed by atoms with van der Waals surface area (Å²) in [5.74, 6) is 1.67. The van der Waals surface area contributed by atoms with E-state index in [9.17, 15) is 0 Å². The third-order valence-corrected chi connectivity index (χ3v) is 3.29. The standard InChI is InChI=1S/C11H17N3O/c1-4-12-11-13-10(8-14(11)5-1)9-2-6-15-7-3-9/h8-9H,1-7H2,(H,12,13). The summed E-state index contributed by atoms with van der Waals surface area (Å²) in [6.45, 7) is 3.95. The number of aryl methyl sites for hydroxylation is 1. The summed E-state index contributed by atoms with van der Waals surface area (Å²) in [7, 11) is 0. The van der Waals surface area contributed by atoms with Gasteiger partial charge in [0.05, 0.1) is 5.69 Å². The van der Waals surface area contributed by atoms with Crippen LogP contribution in [0.4, 0.5) is 5.95 Å². The molecule has 0 atom stereocenters. The minimum absolute atomic E-state index is 0.610. The molecule has 0 aromatic carbocycles. The number of ether oxygens (including phenoxy) is 1. The average molecular weight is 207 g/mol. The van der Waals surface area contributed by atoms with E-state index in [1.54, 1.807) is 0 Å². The molecule has 0 bridgehead atoms. The number of aromatic nitrogens is 2. The fraction of sp³-hybridized carbons (Fsp3) is 0.727. The van der Waals surface area contributed by atoms with Crippen LogP contribution in [0.5, 0.6) is 0 Å². The molecule has 1 aromatic rings. The zero-order chi connectivity index (χ0) is 10.1. The molecule has 4 nitrogen and oxygen atoms in total.